The molecule has 31 heavy (non-hydrogen) atoms. The highest BCUT2D eigenvalue weighted by Gasteiger charge is 2.16. The Morgan fingerprint density at radius 2 is 1.81 bits per heavy atom. The third-order valence-corrected chi connectivity index (χ3v) is 4.97. The molecule has 0 amide bonds. The monoisotopic (exact) mass is 416 g/mol. The number of aromatic nitrogens is 3. The van der Waals surface area contributed by atoms with Crippen LogP contribution in [0.2, 0.25) is 0 Å². The van der Waals surface area contributed by atoms with Gasteiger partial charge in [-0.15, -0.1) is 0 Å². The van der Waals surface area contributed by atoms with Crippen LogP contribution in [-0.4, -0.2) is 32.3 Å². The molecule has 0 saturated heterocycles. The van der Waals surface area contributed by atoms with Gasteiger partial charge in [-0.1, -0.05) is 18.2 Å². The van der Waals surface area contributed by atoms with Crippen LogP contribution in [0, 0.1) is 0 Å². The molecule has 0 bridgehead atoms. The Labute approximate surface area is 179 Å². The van der Waals surface area contributed by atoms with Gasteiger partial charge in [0.25, 0.3) is 5.56 Å². The zero-order valence-corrected chi connectivity index (χ0v) is 17.7. The van der Waals surface area contributed by atoms with Crippen molar-refractivity contribution in [3.8, 4) is 17.3 Å². The summed E-state index contributed by atoms with van der Waals surface area (Å²) in [4.78, 5) is 17.8. The van der Waals surface area contributed by atoms with Crippen molar-refractivity contribution in [1.29, 1.82) is 0 Å². The largest absolute Gasteiger partial charge is 0.494 e. The van der Waals surface area contributed by atoms with E-state index in [1.165, 1.54) is 4.57 Å². The van der Waals surface area contributed by atoms with Gasteiger partial charge in [0.05, 0.1) is 24.1 Å². The highest BCUT2D eigenvalue weighted by atomic mass is 16.5. The quantitative estimate of drug-likeness (QED) is 0.465. The van der Waals surface area contributed by atoms with E-state index in [0.29, 0.717) is 40.2 Å². The lowest BCUT2D eigenvalue weighted by molar-refractivity contribution is 0.340. The van der Waals surface area contributed by atoms with E-state index < -0.39 is 0 Å². The summed E-state index contributed by atoms with van der Waals surface area (Å²) in [5, 5.41) is 16.5. The standard InChI is InChI=1S/C24H24N4O3/c1-4-31-18-11-9-17(10-12-18)27-23(29)20-8-6-5-7-19(20)21(24(27)30)15-25-22-13-14-26-28(22)16(2)3/h5-16,30H,4H2,1-3H3/b25-15+. The van der Waals surface area contributed by atoms with E-state index in [9.17, 15) is 9.90 Å². The SMILES string of the molecule is CCOc1ccc(-n2c(O)c(/C=N/c3ccnn3C(C)C)c3ccccc3c2=O)cc1. The first kappa shape index (κ1) is 20.4. The second kappa shape index (κ2) is 8.47. The third-order valence-electron chi connectivity index (χ3n) is 4.97. The van der Waals surface area contributed by atoms with Gasteiger partial charge in [-0.2, -0.15) is 5.10 Å². The minimum absolute atomic E-state index is 0.144. The number of ether oxygens (including phenoxy) is 1. The molecule has 0 radical (unpaired) electrons. The number of hydrogen-bond acceptors (Lipinski definition) is 5. The average Bonchev–Trinajstić information content (AvgIpc) is 3.24. The van der Waals surface area contributed by atoms with Gasteiger partial charge in [-0.25, -0.2) is 14.2 Å². The van der Waals surface area contributed by atoms with Crippen molar-refractivity contribution in [2.45, 2.75) is 26.8 Å². The maximum absolute atomic E-state index is 13.2. The van der Waals surface area contributed by atoms with Gasteiger partial charge in [0.15, 0.2) is 5.82 Å². The van der Waals surface area contributed by atoms with Gasteiger partial charge < -0.3 is 9.84 Å². The van der Waals surface area contributed by atoms with E-state index in [1.807, 2.05) is 26.8 Å². The van der Waals surface area contributed by atoms with Crippen molar-refractivity contribution < 1.29 is 9.84 Å². The highest BCUT2D eigenvalue weighted by Crippen LogP contribution is 2.27. The van der Waals surface area contributed by atoms with E-state index in [2.05, 4.69) is 10.1 Å². The summed E-state index contributed by atoms with van der Waals surface area (Å²) in [6, 6.07) is 16.2. The van der Waals surface area contributed by atoms with Gasteiger partial charge in [-0.05, 0) is 51.1 Å². The number of aromatic hydroxyl groups is 1. The smallest absolute Gasteiger partial charge is 0.265 e. The summed E-state index contributed by atoms with van der Waals surface area (Å²) in [7, 11) is 0. The van der Waals surface area contributed by atoms with E-state index in [0.717, 1.165) is 0 Å². The van der Waals surface area contributed by atoms with Crippen molar-refractivity contribution >= 4 is 22.8 Å². The van der Waals surface area contributed by atoms with Gasteiger partial charge in [0.1, 0.15) is 5.75 Å². The van der Waals surface area contributed by atoms with Crippen LogP contribution in [0.15, 0.2) is 70.6 Å². The summed E-state index contributed by atoms with van der Waals surface area (Å²) in [5.74, 6) is 1.19. The summed E-state index contributed by atoms with van der Waals surface area (Å²) < 4.78 is 8.56. The van der Waals surface area contributed by atoms with Crippen LogP contribution in [-0.2, 0) is 0 Å². The summed E-state index contributed by atoms with van der Waals surface area (Å²) in [5.41, 5.74) is 0.695. The van der Waals surface area contributed by atoms with Crippen molar-refractivity contribution in [3.05, 3.63) is 76.7 Å². The van der Waals surface area contributed by atoms with Crippen molar-refractivity contribution in [3.63, 3.8) is 0 Å². The average molecular weight is 416 g/mol. The maximum Gasteiger partial charge on any atom is 0.265 e. The first-order valence-corrected chi connectivity index (χ1v) is 10.2. The number of pyridine rings is 1. The molecule has 0 atom stereocenters. The van der Waals surface area contributed by atoms with Crippen molar-refractivity contribution in [1.82, 2.24) is 14.3 Å². The third kappa shape index (κ3) is 3.82. The van der Waals surface area contributed by atoms with E-state index in [-0.39, 0.29) is 17.5 Å². The first-order chi connectivity index (χ1) is 15.0. The molecule has 4 rings (SSSR count). The zero-order valence-electron chi connectivity index (χ0n) is 17.7. The molecule has 4 aromatic rings. The number of rotatable bonds is 6. The molecule has 1 N–H and O–H groups in total. The van der Waals surface area contributed by atoms with Crippen molar-refractivity contribution in [2.24, 2.45) is 4.99 Å². The molecule has 158 valence electrons. The van der Waals surface area contributed by atoms with Gasteiger partial charge >= 0.3 is 0 Å². The lowest BCUT2D eigenvalue weighted by Crippen LogP contribution is -2.20. The van der Waals surface area contributed by atoms with Crippen LogP contribution in [0.5, 0.6) is 11.6 Å². The predicted octanol–water partition coefficient (Wildman–Crippen LogP) is 4.62. The second-order valence-electron chi connectivity index (χ2n) is 7.34. The first-order valence-electron chi connectivity index (χ1n) is 10.2. The molecule has 7 nitrogen and oxygen atoms in total. The topological polar surface area (TPSA) is 81.6 Å². The van der Waals surface area contributed by atoms with Crippen LogP contribution in [0.25, 0.3) is 16.5 Å². The van der Waals surface area contributed by atoms with Crippen LogP contribution in [0.4, 0.5) is 5.82 Å². The summed E-state index contributed by atoms with van der Waals surface area (Å²) >= 11 is 0. The Morgan fingerprint density at radius 3 is 2.48 bits per heavy atom. The molecule has 2 aromatic heterocycles. The zero-order chi connectivity index (χ0) is 22.0. The molecule has 0 saturated carbocycles. The molecule has 0 unspecified atom stereocenters. The van der Waals surface area contributed by atoms with E-state index in [4.69, 9.17) is 4.74 Å². The number of fused-ring (bicyclic) bond motifs is 1. The van der Waals surface area contributed by atoms with Crippen molar-refractivity contribution in [2.75, 3.05) is 6.61 Å². The minimum atomic E-state index is -0.304. The number of benzene rings is 2. The number of aliphatic imine (C=N–C) groups is 1. The Bertz CT molecular complexity index is 1300. The van der Waals surface area contributed by atoms with Gasteiger partial charge in [-0.3, -0.25) is 4.79 Å². The van der Waals surface area contributed by atoms with Gasteiger partial charge in [0, 0.05) is 29.1 Å². The molecular formula is C24H24N4O3. The molecule has 2 heterocycles. The molecular weight excluding hydrogens is 392 g/mol. The van der Waals surface area contributed by atoms with Crippen LogP contribution >= 0.6 is 0 Å². The molecule has 0 fully saturated rings. The molecule has 2 aromatic carbocycles. The van der Waals surface area contributed by atoms with E-state index in [1.54, 1.807) is 65.6 Å². The van der Waals surface area contributed by atoms with Gasteiger partial charge in [0.2, 0.25) is 5.88 Å². The number of nitrogens with zero attached hydrogens (tertiary/aromatic N) is 4. The Kier molecular flexibility index (Phi) is 5.58. The fourth-order valence-electron chi connectivity index (χ4n) is 3.53. The minimum Gasteiger partial charge on any atom is -0.494 e. The molecule has 7 heteroatoms. The maximum atomic E-state index is 13.2. The highest BCUT2D eigenvalue weighted by molar-refractivity contribution is 6.02. The molecule has 0 spiro atoms. The molecule has 0 aliphatic carbocycles. The Hall–Kier alpha value is -3.87. The predicted molar refractivity (Wildman–Crippen MR) is 122 cm³/mol. The number of hydrogen-bond donors (Lipinski definition) is 1. The Morgan fingerprint density at radius 1 is 1.10 bits per heavy atom. The second-order valence-corrected chi connectivity index (χ2v) is 7.34. The summed E-state index contributed by atoms with van der Waals surface area (Å²) in [6.07, 6.45) is 3.27. The molecule has 0 aliphatic rings. The fourth-order valence-corrected chi connectivity index (χ4v) is 3.53. The lowest BCUT2D eigenvalue weighted by Gasteiger charge is -2.14. The van der Waals surface area contributed by atoms with Crippen LogP contribution in [0.1, 0.15) is 32.4 Å². The summed E-state index contributed by atoms with van der Waals surface area (Å²) in [6.45, 7) is 6.49. The van der Waals surface area contributed by atoms with E-state index >= 15 is 0 Å². The fraction of sp³-hybridized carbons (Fsp3) is 0.208. The Balaban J connectivity index is 1.90. The van der Waals surface area contributed by atoms with Crippen LogP contribution < -0.4 is 10.3 Å². The lowest BCUT2D eigenvalue weighted by atomic mass is 10.1. The normalized spacial score (nSPS) is 11.6. The van der Waals surface area contributed by atoms with Crippen LogP contribution in [0.3, 0.4) is 0 Å². The molecule has 0 aliphatic heterocycles.